The van der Waals surface area contributed by atoms with Gasteiger partial charge in [0.15, 0.2) is 5.96 Å². The van der Waals surface area contributed by atoms with Crippen LogP contribution < -0.4 is 20.9 Å². The quantitative estimate of drug-likeness (QED) is 0.264. The Labute approximate surface area is 188 Å². The highest BCUT2D eigenvalue weighted by Gasteiger charge is 2.23. The summed E-state index contributed by atoms with van der Waals surface area (Å²) in [6.45, 7) is 8.10. The van der Waals surface area contributed by atoms with E-state index in [1.807, 2.05) is 13.8 Å². The van der Waals surface area contributed by atoms with Crippen molar-refractivity contribution in [2.75, 3.05) is 37.6 Å². The van der Waals surface area contributed by atoms with Crippen molar-refractivity contribution in [2.24, 2.45) is 4.99 Å². The van der Waals surface area contributed by atoms with Gasteiger partial charge in [-0.15, -0.1) is 24.0 Å². The molecule has 1 amide bonds. The molecule has 1 aromatic rings. The summed E-state index contributed by atoms with van der Waals surface area (Å²) in [5, 5.41) is 9.65. The zero-order valence-electron chi connectivity index (χ0n) is 16.1. The molecule has 1 heterocycles. The van der Waals surface area contributed by atoms with Crippen molar-refractivity contribution in [1.29, 1.82) is 0 Å². The summed E-state index contributed by atoms with van der Waals surface area (Å²) in [6.07, 6.45) is 2.44. The Morgan fingerprint density at radius 1 is 1.26 bits per heavy atom. The predicted octanol–water partition coefficient (Wildman–Crippen LogP) is 3.12. The Hall–Kier alpha value is -1.03. The number of nitrogens with zero attached hydrogens (tertiary/aromatic N) is 2. The van der Waals surface area contributed by atoms with Crippen LogP contribution in [0.5, 0.6) is 0 Å². The fourth-order valence-electron chi connectivity index (χ4n) is 2.90. The summed E-state index contributed by atoms with van der Waals surface area (Å²) in [4.78, 5) is 18.6. The van der Waals surface area contributed by atoms with Crippen LogP contribution in [0.2, 0.25) is 0 Å². The summed E-state index contributed by atoms with van der Waals surface area (Å²) in [5.41, 5.74) is 1.24. The zero-order chi connectivity index (χ0) is 18.8. The van der Waals surface area contributed by atoms with E-state index in [9.17, 15) is 4.79 Å². The maximum absolute atomic E-state index is 11.7. The van der Waals surface area contributed by atoms with Crippen LogP contribution in [-0.4, -0.2) is 50.6 Å². The third kappa shape index (κ3) is 8.68. The summed E-state index contributed by atoms with van der Waals surface area (Å²) in [6, 6.07) is 8.78. The van der Waals surface area contributed by atoms with Gasteiger partial charge >= 0.3 is 0 Å². The zero-order valence-corrected chi connectivity index (χ0v) is 20.0. The van der Waals surface area contributed by atoms with Gasteiger partial charge in [-0.2, -0.15) is 0 Å². The molecular weight excluding hydrogens is 521 g/mol. The highest BCUT2D eigenvalue weighted by atomic mass is 127. The van der Waals surface area contributed by atoms with Crippen molar-refractivity contribution in [3.8, 4) is 0 Å². The van der Waals surface area contributed by atoms with Crippen molar-refractivity contribution in [2.45, 2.75) is 39.2 Å². The van der Waals surface area contributed by atoms with E-state index in [-0.39, 0.29) is 29.9 Å². The van der Waals surface area contributed by atoms with E-state index >= 15 is 0 Å². The average molecular weight is 552 g/mol. The number of hydrogen-bond acceptors (Lipinski definition) is 3. The molecule has 2 rings (SSSR count). The molecule has 6 nitrogen and oxygen atoms in total. The van der Waals surface area contributed by atoms with E-state index in [4.69, 9.17) is 0 Å². The number of benzene rings is 1. The molecule has 0 bridgehead atoms. The Balaban J connectivity index is 0.00000364. The minimum absolute atomic E-state index is 0. The van der Waals surface area contributed by atoms with Gasteiger partial charge in [0.05, 0.1) is 6.54 Å². The van der Waals surface area contributed by atoms with Crippen molar-refractivity contribution >= 4 is 57.5 Å². The summed E-state index contributed by atoms with van der Waals surface area (Å²) < 4.78 is 1.10. The van der Waals surface area contributed by atoms with Crippen LogP contribution >= 0.6 is 39.9 Å². The molecule has 1 fully saturated rings. The second-order valence-electron chi connectivity index (χ2n) is 6.41. The number of carbonyl (C=O) groups is 1. The van der Waals surface area contributed by atoms with Gasteiger partial charge in [0.25, 0.3) is 0 Å². The lowest BCUT2D eigenvalue weighted by molar-refractivity contribution is -0.120. The second kappa shape index (κ2) is 13.2. The maximum atomic E-state index is 11.7. The number of nitrogens with one attached hydrogen (secondary N) is 3. The van der Waals surface area contributed by atoms with E-state index in [1.165, 1.54) is 5.69 Å². The molecule has 1 aromatic carbocycles. The summed E-state index contributed by atoms with van der Waals surface area (Å²) in [7, 11) is 0. The first-order valence-electron chi connectivity index (χ1n) is 9.44. The fourth-order valence-corrected chi connectivity index (χ4v) is 3.16. The van der Waals surface area contributed by atoms with E-state index < -0.39 is 0 Å². The van der Waals surface area contributed by atoms with Gasteiger partial charge in [-0.1, -0.05) is 22.9 Å². The number of guanidine groups is 1. The van der Waals surface area contributed by atoms with Crippen molar-refractivity contribution < 1.29 is 4.79 Å². The van der Waals surface area contributed by atoms with Gasteiger partial charge in [-0.3, -0.25) is 9.79 Å². The largest absolute Gasteiger partial charge is 0.369 e. The molecule has 0 saturated carbocycles. The third-order valence-corrected chi connectivity index (χ3v) is 4.77. The molecule has 27 heavy (non-hydrogen) atoms. The van der Waals surface area contributed by atoms with Crippen molar-refractivity contribution in [3.63, 3.8) is 0 Å². The van der Waals surface area contributed by atoms with Gasteiger partial charge in [-0.25, -0.2) is 0 Å². The van der Waals surface area contributed by atoms with E-state index in [1.54, 1.807) is 0 Å². The Bertz CT molecular complexity index is 596. The minimum Gasteiger partial charge on any atom is -0.369 e. The lowest BCUT2D eigenvalue weighted by atomic mass is 10.2. The smallest absolute Gasteiger partial charge is 0.221 e. The molecule has 1 aliphatic rings. The molecule has 8 heteroatoms. The molecule has 1 aliphatic heterocycles. The Morgan fingerprint density at radius 2 is 2.00 bits per heavy atom. The molecular formula is C19H31BrIN5O. The summed E-state index contributed by atoms with van der Waals surface area (Å²) in [5.74, 6) is 0.854. The number of rotatable bonds is 8. The highest BCUT2D eigenvalue weighted by Crippen LogP contribution is 2.22. The number of amides is 1. The molecule has 1 saturated heterocycles. The number of anilines is 1. The van der Waals surface area contributed by atoms with Crippen LogP contribution in [0.15, 0.2) is 33.7 Å². The topological polar surface area (TPSA) is 68.8 Å². The third-order valence-electron chi connectivity index (χ3n) is 4.25. The standard InChI is InChI=1S/C19H30BrN5O.HI/c1-3-11-22-18(26)9-12-23-19(21-4-2)24-16-10-13-25(14-16)17-7-5-15(20)6-8-17;/h5-8,16H,3-4,9-14H2,1-2H3,(H,22,26)(H2,21,23,24);1H. The van der Waals surface area contributed by atoms with E-state index in [0.29, 0.717) is 19.0 Å². The van der Waals surface area contributed by atoms with Crippen LogP contribution in [0, 0.1) is 0 Å². The van der Waals surface area contributed by atoms with Gasteiger partial charge in [0, 0.05) is 48.8 Å². The fraction of sp³-hybridized carbons (Fsp3) is 0.579. The maximum Gasteiger partial charge on any atom is 0.221 e. The van der Waals surface area contributed by atoms with E-state index in [0.717, 1.165) is 49.5 Å². The Kier molecular flexibility index (Phi) is 11.7. The number of hydrogen-bond donors (Lipinski definition) is 3. The molecule has 152 valence electrons. The molecule has 0 radical (unpaired) electrons. The van der Waals surface area contributed by atoms with Crippen molar-refractivity contribution in [1.82, 2.24) is 16.0 Å². The first-order chi connectivity index (χ1) is 12.6. The monoisotopic (exact) mass is 551 g/mol. The first kappa shape index (κ1) is 24.0. The van der Waals surface area contributed by atoms with Crippen LogP contribution in [0.25, 0.3) is 0 Å². The first-order valence-corrected chi connectivity index (χ1v) is 10.2. The second-order valence-corrected chi connectivity index (χ2v) is 7.33. The van der Waals surface area contributed by atoms with Gasteiger partial charge in [0.2, 0.25) is 5.91 Å². The lowest BCUT2D eigenvalue weighted by Gasteiger charge is -2.20. The molecule has 1 atom stereocenters. The van der Waals surface area contributed by atoms with Crippen molar-refractivity contribution in [3.05, 3.63) is 28.7 Å². The van der Waals surface area contributed by atoms with Gasteiger partial charge in [-0.05, 0) is 44.0 Å². The number of carbonyl (C=O) groups excluding carboxylic acids is 1. The normalized spacial score (nSPS) is 16.6. The number of aliphatic imine (C=N–C) groups is 1. The van der Waals surface area contributed by atoms with Crippen LogP contribution in [0.1, 0.15) is 33.1 Å². The molecule has 3 N–H and O–H groups in total. The summed E-state index contributed by atoms with van der Waals surface area (Å²) >= 11 is 3.48. The van der Waals surface area contributed by atoms with Gasteiger partial charge in [0.1, 0.15) is 0 Å². The number of halogens is 2. The molecule has 0 aliphatic carbocycles. The van der Waals surface area contributed by atoms with E-state index in [2.05, 4.69) is 66.0 Å². The molecule has 0 spiro atoms. The van der Waals surface area contributed by atoms with Gasteiger partial charge < -0.3 is 20.9 Å². The van der Waals surface area contributed by atoms with Crippen LogP contribution in [-0.2, 0) is 4.79 Å². The molecule has 0 aromatic heterocycles. The molecule has 1 unspecified atom stereocenters. The minimum atomic E-state index is 0. The Morgan fingerprint density at radius 3 is 2.67 bits per heavy atom. The SMILES string of the molecule is CCCNC(=O)CCN=C(NCC)NC1CCN(c2ccc(Br)cc2)C1.I. The highest BCUT2D eigenvalue weighted by molar-refractivity contribution is 14.0. The average Bonchev–Trinajstić information content (AvgIpc) is 3.09. The predicted molar refractivity (Wildman–Crippen MR) is 127 cm³/mol. The van der Waals surface area contributed by atoms with Crippen LogP contribution in [0.4, 0.5) is 5.69 Å². The van der Waals surface area contributed by atoms with Crippen LogP contribution in [0.3, 0.4) is 0 Å². The lowest BCUT2D eigenvalue weighted by Crippen LogP contribution is -2.44.